The van der Waals surface area contributed by atoms with E-state index in [9.17, 15) is 4.79 Å². The third kappa shape index (κ3) is 3.45. The number of aromatic nitrogens is 1. The van der Waals surface area contributed by atoms with Gasteiger partial charge in [0.05, 0.1) is 5.02 Å². The second-order valence-corrected chi connectivity index (χ2v) is 5.27. The minimum atomic E-state index is -0.254. The third-order valence-corrected chi connectivity index (χ3v) is 3.65. The fraction of sp³-hybridized carbons (Fsp3) is 0.0769. The van der Waals surface area contributed by atoms with Crippen molar-refractivity contribution in [1.29, 1.82) is 0 Å². The first kappa shape index (κ1) is 13.8. The molecule has 0 saturated heterocycles. The molecule has 0 aliphatic carbocycles. The molecule has 98 valence electrons. The van der Waals surface area contributed by atoms with Gasteiger partial charge < -0.3 is 11.1 Å². The third-order valence-electron chi connectivity index (χ3n) is 2.41. The van der Waals surface area contributed by atoms with Crippen molar-refractivity contribution in [1.82, 2.24) is 4.98 Å². The Morgan fingerprint density at radius 2 is 2.11 bits per heavy atom. The summed E-state index contributed by atoms with van der Waals surface area (Å²) in [5, 5.41) is 3.28. The number of carbonyl (C=O) groups excluding carboxylic acids is 1. The van der Waals surface area contributed by atoms with E-state index in [-0.39, 0.29) is 5.91 Å². The van der Waals surface area contributed by atoms with Gasteiger partial charge in [-0.2, -0.15) is 0 Å². The molecule has 1 aromatic carbocycles. The molecule has 0 atom stereocenters. The monoisotopic (exact) mass is 339 g/mol. The number of carbonyl (C=O) groups is 1. The maximum Gasteiger partial charge on any atom is 0.255 e. The summed E-state index contributed by atoms with van der Waals surface area (Å²) in [7, 11) is 0. The van der Waals surface area contributed by atoms with Crippen LogP contribution in [-0.2, 0) is 0 Å². The van der Waals surface area contributed by atoms with Crippen LogP contribution in [-0.4, -0.2) is 10.9 Å². The molecule has 6 heteroatoms. The Morgan fingerprint density at radius 3 is 2.74 bits per heavy atom. The van der Waals surface area contributed by atoms with Crippen molar-refractivity contribution in [2.45, 2.75) is 6.92 Å². The molecule has 2 aromatic rings. The van der Waals surface area contributed by atoms with E-state index < -0.39 is 0 Å². The number of hydrogen-bond donors (Lipinski definition) is 2. The van der Waals surface area contributed by atoms with Crippen molar-refractivity contribution in [2.75, 3.05) is 11.1 Å². The number of amides is 1. The topological polar surface area (TPSA) is 68.0 Å². The lowest BCUT2D eigenvalue weighted by Crippen LogP contribution is -2.13. The molecule has 0 unspecified atom stereocenters. The molecule has 0 aliphatic rings. The van der Waals surface area contributed by atoms with Crippen molar-refractivity contribution < 1.29 is 4.79 Å². The van der Waals surface area contributed by atoms with Gasteiger partial charge in [-0.1, -0.05) is 11.6 Å². The number of rotatable bonds is 2. The van der Waals surface area contributed by atoms with Gasteiger partial charge in [0.1, 0.15) is 5.82 Å². The first-order valence-electron chi connectivity index (χ1n) is 5.46. The molecule has 1 aromatic heterocycles. The Bertz CT molecular complexity index is 626. The molecular formula is C13H11BrClN3O. The molecule has 4 nitrogen and oxygen atoms in total. The van der Waals surface area contributed by atoms with Crippen LogP contribution < -0.4 is 11.1 Å². The van der Waals surface area contributed by atoms with Crippen LogP contribution in [0, 0.1) is 6.92 Å². The molecule has 0 bridgehead atoms. The van der Waals surface area contributed by atoms with Crippen LogP contribution in [0.1, 0.15) is 16.1 Å². The summed E-state index contributed by atoms with van der Waals surface area (Å²) < 4.78 is 0.774. The second kappa shape index (κ2) is 5.59. The fourth-order valence-corrected chi connectivity index (χ4v) is 2.03. The molecule has 3 N–H and O–H groups in total. The van der Waals surface area contributed by atoms with E-state index in [2.05, 4.69) is 26.2 Å². The highest BCUT2D eigenvalue weighted by atomic mass is 79.9. The summed E-state index contributed by atoms with van der Waals surface area (Å²) in [6.07, 6.45) is 0. The van der Waals surface area contributed by atoms with Gasteiger partial charge in [0.15, 0.2) is 0 Å². The lowest BCUT2D eigenvalue weighted by Gasteiger charge is -2.07. The minimum Gasteiger partial charge on any atom is -0.384 e. The number of nitrogens with two attached hydrogens (primary N) is 1. The highest BCUT2D eigenvalue weighted by molar-refractivity contribution is 9.10. The smallest absolute Gasteiger partial charge is 0.255 e. The molecule has 0 radical (unpaired) electrons. The molecule has 1 heterocycles. The highest BCUT2D eigenvalue weighted by Crippen LogP contribution is 2.25. The number of aryl methyl sites for hydroxylation is 1. The average Bonchev–Trinajstić information content (AvgIpc) is 2.32. The number of anilines is 2. The van der Waals surface area contributed by atoms with E-state index in [4.69, 9.17) is 17.3 Å². The van der Waals surface area contributed by atoms with Crippen LogP contribution in [0.15, 0.2) is 34.8 Å². The van der Waals surface area contributed by atoms with Gasteiger partial charge in [-0.25, -0.2) is 4.98 Å². The minimum absolute atomic E-state index is 0.254. The van der Waals surface area contributed by atoms with Crippen molar-refractivity contribution in [3.8, 4) is 0 Å². The molecule has 1 amide bonds. The molecule has 0 saturated carbocycles. The lowest BCUT2D eigenvalue weighted by molar-refractivity contribution is 0.102. The van der Waals surface area contributed by atoms with Gasteiger partial charge in [-0.3, -0.25) is 4.79 Å². The average molecular weight is 341 g/mol. The summed E-state index contributed by atoms with van der Waals surface area (Å²) in [5.41, 5.74) is 7.39. The molecular weight excluding hydrogens is 330 g/mol. The Balaban J connectivity index is 2.22. The molecule has 0 spiro atoms. The van der Waals surface area contributed by atoms with E-state index in [1.54, 1.807) is 31.2 Å². The molecule has 19 heavy (non-hydrogen) atoms. The lowest BCUT2D eigenvalue weighted by atomic mass is 10.2. The first-order valence-corrected chi connectivity index (χ1v) is 6.63. The number of nitrogen functional groups attached to an aromatic ring is 1. The SMILES string of the molecule is Cc1cc(C(=O)Nc2ccc(Br)c(Cl)c2)cc(N)n1. The molecule has 0 fully saturated rings. The largest absolute Gasteiger partial charge is 0.384 e. The van der Waals surface area contributed by atoms with Gasteiger partial charge in [-0.15, -0.1) is 0 Å². The zero-order valence-corrected chi connectivity index (χ0v) is 12.4. The van der Waals surface area contributed by atoms with Crippen molar-refractivity contribution in [3.63, 3.8) is 0 Å². The summed E-state index contributed by atoms with van der Waals surface area (Å²) >= 11 is 9.26. The van der Waals surface area contributed by atoms with Crippen LogP contribution in [0.4, 0.5) is 11.5 Å². The number of pyridine rings is 1. The summed E-state index contributed by atoms with van der Waals surface area (Å²) in [4.78, 5) is 16.1. The Labute approximate surface area is 124 Å². The fourth-order valence-electron chi connectivity index (χ4n) is 1.60. The van der Waals surface area contributed by atoms with Crippen molar-refractivity contribution in [3.05, 3.63) is 51.1 Å². The Kier molecular flexibility index (Phi) is 4.07. The van der Waals surface area contributed by atoms with Crippen LogP contribution in [0.25, 0.3) is 0 Å². The van der Waals surface area contributed by atoms with Crippen LogP contribution in [0.2, 0.25) is 5.02 Å². The van der Waals surface area contributed by atoms with Crippen LogP contribution in [0.3, 0.4) is 0 Å². The van der Waals surface area contributed by atoms with Gasteiger partial charge >= 0.3 is 0 Å². The van der Waals surface area contributed by atoms with E-state index in [0.717, 1.165) is 4.47 Å². The van der Waals surface area contributed by atoms with Crippen LogP contribution >= 0.6 is 27.5 Å². The van der Waals surface area contributed by atoms with Crippen molar-refractivity contribution in [2.24, 2.45) is 0 Å². The number of nitrogens with one attached hydrogen (secondary N) is 1. The maximum absolute atomic E-state index is 12.1. The zero-order valence-electron chi connectivity index (χ0n) is 10.1. The predicted octanol–water partition coefficient (Wildman–Crippen LogP) is 3.64. The highest BCUT2D eigenvalue weighted by Gasteiger charge is 2.09. The maximum atomic E-state index is 12.1. The Hall–Kier alpha value is -1.59. The van der Waals surface area contributed by atoms with E-state index >= 15 is 0 Å². The summed E-state index contributed by atoms with van der Waals surface area (Å²) in [6.45, 7) is 1.78. The zero-order chi connectivity index (χ0) is 14.0. The number of benzene rings is 1. The number of nitrogens with zero attached hydrogens (tertiary/aromatic N) is 1. The Morgan fingerprint density at radius 1 is 1.37 bits per heavy atom. The second-order valence-electron chi connectivity index (χ2n) is 4.01. The quantitative estimate of drug-likeness (QED) is 0.877. The van der Waals surface area contributed by atoms with E-state index in [1.807, 2.05) is 0 Å². The molecule has 0 aliphatic heterocycles. The summed E-state index contributed by atoms with van der Waals surface area (Å²) in [6, 6.07) is 8.39. The predicted molar refractivity (Wildman–Crippen MR) is 80.5 cm³/mol. The van der Waals surface area contributed by atoms with Crippen LogP contribution in [0.5, 0.6) is 0 Å². The number of halogens is 2. The van der Waals surface area contributed by atoms with E-state index in [1.165, 1.54) is 6.07 Å². The van der Waals surface area contributed by atoms with E-state index in [0.29, 0.717) is 27.8 Å². The van der Waals surface area contributed by atoms with Gasteiger partial charge in [-0.05, 0) is 53.2 Å². The van der Waals surface area contributed by atoms with Gasteiger partial charge in [0, 0.05) is 21.4 Å². The van der Waals surface area contributed by atoms with Crippen molar-refractivity contribution >= 4 is 44.9 Å². The number of hydrogen-bond acceptors (Lipinski definition) is 3. The van der Waals surface area contributed by atoms with Gasteiger partial charge in [0.2, 0.25) is 0 Å². The standard InChI is InChI=1S/C13H11BrClN3O/c1-7-4-8(5-12(16)17-7)13(19)18-9-2-3-10(14)11(15)6-9/h2-6H,1H3,(H2,16,17)(H,18,19). The van der Waals surface area contributed by atoms with Gasteiger partial charge in [0.25, 0.3) is 5.91 Å². The molecule has 2 rings (SSSR count). The summed E-state index contributed by atoms with van der Waals surface area (Å²) in [5.74, 6) is 0.0644. The first-order chi connectivity index (χ1) is 8.95. The normalized spacial score (nSPS) is 10.3.